The van der Waals surface area contributed by atoms with Crippen molar-refractivity contribution in [2.75, 3.05) is 13.7 Å². The first kappa shape index (κ1) is 15.8. The van der Waals surface area contributed by atoms with Gasteiger partial charge in [-0.2, -0.15) is 0 Å². The first-order valence-corrected chi connectivity index (χ1v) is 8.94. The molecule has 0 aliphatic heterocycles. The molecule has 0 spiro atoms. The van der Waals surface area contributed by atoms with Crippen LogP contribution < -0.4 is 10.1 Å². The molecule has 2 atom stereocenters. The fourth-order valence-electron chi connectivity index (χ4n) is 2.74. The van der Waals surface area contributed by atoms with Gasteiger partial charge in [-0.05, 0) is 76.2 Å². The van der Waals surface area contributed by atoms with Crippen LogP contribution in [0.15, 0.2) is 25.6 Å². The van der Waals surface area contributed by atoms with Crippen molar-refractivity contribution >= 4 is 47.8 Å². The van der Waals surface area contributed by atoms with Gasteiger partial charge in [0.25, 0.3) is 0 Å². The highest BCUT2D eigenvalue weighted by Crippen LogP contribution is 2.37. The van der Waals surface area contributed by atoms with Crippen LogP contribution in [0, 0.1) is 5.92 Å². The summed E-state index contributed by atoms with van der Waals surface area (Å²) in [6, 6.07) is 4.68. The van der Waals surface area contributed by atoms with Gasteiger partial charge in [0.05, 0.1) is 15.6 Å². The third-order valence-electron chi connectivity index (χ3n) is 3.73. The van der Waals surface area contributed by atoms with Crippen molar-refractivity contribution < 1.29 is 4.74 Å². The van der Waals surface area contributed by atoms with E-state index in [0.29, 0.717) is 6.04 Å². The highest BCUT2D eigenvalue weighted by atomic mass is 79.9. The van der Waals surface area contributed by atoms with E-state index < -0.39 is 0 Å². The molecule has 0 bridgehead atoms. The molecule has 0 aromatic heterocycles. The molecule has 5 heteroatoms. The Balaban J connectivity index is 1.89. The second-order valence-corrected chi connectivity index (χ2v) is 7.55. The van der Waals surface area contributed by atoms with Gasteiger partial charge in [-0.3, -0.25) is 0 Å². The number of benzene rings is 1. The van der Waals surface area contributed by atoms with Gasteiger partial charge in [0.2, 0.25) is 0 Å². The normalized spacial score (nSPS) is 22.7. The van der Waals surface area contributed by atoms with Gasteiger partial charge in [0.1, 0.15) is 5.75 Å². The van der Waals surface area contributed by atoms with Crippen molar-refractivity contribution in [3.63, 3.8) is 0 Å². The third kappa shape index (κ3) is 4.19. The van der Waals surface area contributed by atoms with E-state index in [1.807, 2.05) is 12.1 Å². The maximum absolute atomic E-state index is 5.93. The van der Waals surface area contributed by atoms with Crippen molar-refractivity contribution in [2.45, 2.75) is 31.7 Å². The predicted molar refractivity (Wildman–Crippen MR) is 89.8 cm³/mol. The van der Waals surface area contributed by atoms with Gasteiger partial charge < -0.3 is 10.1 Å². The first-order valence-electron chi connectivity index (χ1n) is 6.56. The summed E-state index contributed by atoms with van der Waals surface area (Å²) in [5, 5.41) is 3.41. The number of hydrogen-bond acceptors (Lipinski definition) is 2. The highest BCUT2D eigenvalue weighted by molar-refractivity contribution is 9.11. The van der Waals surface area contributed by atoms with Crippen LogP contribution in [0.1, 0.15) is 25.7 Å². The summed E-state index contributed by atoms with van der Waals surface area (Å²) in [7, 11) is 2.06. The zero-order valence-electron chi connectivity index (χ0n) is 10.9. The number of halogens is 3. The Hall–Kier alpha value is 0.420. The molecule has 106 valence electrons. The largest absolute Gasteiger partial charge is 0.491 e. The molecule has 2 rings (SSSR count). The maximum atomic E-state index is 5.93. The van der Waals surface area contributed by atoms with Crippen LogP contribution in [-0.2, 0) is 0 Å². The van der Waals surface area contributed by atoms with Gasteiger partial charge in [0.15, 0.2) is 0 Å². The molecule has 1 aliphatic carbocycles. The Kier molecular flexibility index (Phi) is 6.18. The topological polar surface area (TPSA) is 21.3 Å². The summed E-state index contributed by atoms with van der Waals surface area (Å²) in [4.78, 5) is 0. The molecular weight excluding hydrogens is 438 g/mol. The molecule has 0 amide bonds. The Morgan fingerprint density at radius 1 is 1.21 bits per heavy atom. The van der Waals surface area contributed by atoms with Crippen LogP contribution in [0.4, 0.5) is 0 Å². The van der Waals surface area contributed by atoms with Crippen LogP contribution in [0.5, 0.6) is 5.75 Å². The fraction of sp³-hybridized carbons (Fsp3) is 0.571. The fourth-order valence-corrected chi connectivity index (χ4v) is 5.23. The van der Waals surface area contributed by atoms with Gasteiger partial charge in [-0.25, -0.2) is 0 Å². The molecule has 0 radical (unpaired) electrons. The Morgan fingerprint density at radius 2 is 1.89 bits per heavy atom. The number of ether oxygens (including phenoxy) is 1. The first-order chi connectivity index (χ1) is 9.11. The van der Waals surface area contributed by atoms with E-state index in [2.05, 4.69) is 60.2 Å². The number of rotatable bonds is 5. The van der Waals surface area contributed by atoms with E-state index in [9.17, 15) is 0 Å². The van der Waals surface area contributed by atoms with E-state index in [-0.39, 0.29) is 0 Å². The van der Waals surface area contributed by atoms with Crippen LogP contribution in [0.2, 0.25) is 0 Å². The average molecular weight is 456 g/mol. The molecule has 1 saturated carbocycles. The second kappa shape index (κ2) is 7.43. The Bertz CT molecular complexity index is 416. The van der Waals surface area contributed by atoms with E-state index >= 15 is 0 Å². The monoisotopic (exact) mass is 453 g/mol. The molecule has 0 heterocycles. The molecule has 0 saturated heterocycles. The van der Waals surface area contributed by atoms with Crippen molar-refractivity contribution in [1.29, 1.82) is 0 Å². The van der Waals surface area contributed by atoms with Crippen LogP contribution in [0.25, 0.3) is 0 Å². The van der Waals surface area contributed by atoms with Crippen LogP contribution in [0.3, 0.4) is 0 Å². The zero-order chi connectivity index (χ0) is 13.8. The minimum Gasteiger partial charge on any atom is -0.491 e. The standard InChI is InChI=1S/C14H18Br3NO/c1-18-13-4-2-3-9(13)5-6-19-14-11(16)7-10(15)8-12(14)17/h7-9,13,18H,2-6H2,1H3. The summed E-state index contributed by atoms with van der Waals surface area (Å²) in [5.74, 6) is 1.64. The Morgan fingerprint density at radius 3 is 2.53 bits per heavy atom. The quantitative estimate of drug-likeness (QED) is 0.664. The number of hydrogen-bond donors (Lipinski definition) is 1. The molecule has 1 aliphatic rings. The maximum Gasteiger partial charge on any atom is 0.147 e. The second-order valence-electron chi connectivity index (χ2n) is 4.92. The van der Waals surface area contributed by atoms with Crippen molar-refractivity contribution in [2.24, 2.45) is 5.92 Å². The van der Waals surface area contributed by atoms with Gasteiger partial charge in [0, 0.05) is 10.5 Å². The average Bonchev–Trinajstić information content (AvgIpc) is 2.79. The molecule has 2 unspecified atom stereocenters. The summed E-state index contributed by atoms with van der Waals surface area (Å²) in [5.41, 5.74) is 0. The molecule has 1 aromatic carbocycles. The summed E-state index contributed by atoms with van der Waals surface area (Å²) in [6.45, 7) is 0.766. The van der Waals surface area contributed by atoms with E-state index in [0.717, 1.165) is 38.1 Å². The van der Waals surface area contributed by atoms with Gasteiger partial charge in [-0.15, -0.1) is 0 Å². The van der Waals surface area contributed by atoms with Gasteiger partial charge >= 0.3 is 0 Å². The lowest BCUT2D eigenvalue weighted by Gasteiger charge is -2.19. The zero-order valence-corrected chi connectivity index (χ0v) is 15.6. The van der Waals surface area contributed by atoms with Gasteiger partial charge in [-0.1, -0.05) is 22.4 Å². The van der Waals surface area contributed by atoms with Crippen molar-refractivity contribution in [1.82, 2.24) is 5.32 Å². The highest BCUT2D eigenvalue weighted by Gasteiger charge is 2.25. The lowest BCUT2D eigenvalue weighted by molar-refractivity contribution is 0.261. The summed E-state index contributed by atoms with van der Waals surface area (Å²) in [6.07, 6.45) is 5.06. The SMILES string of the molecule is CNC1CCCC1CCOc1c(Br)cc(Br)cc1Br. The molecule has 2 nitrogen and oxygen atoms in total. The van der Waals surface area contributed by atoms with E-state index in [4.69, 9.17) is 4.74 Å². The van der Waals surface area contributed by atoms with Crippen LogP contribution in [-0.4, -0.2) is 19.7 Å². The number of nitrogens with one attached hydrogen (secondary N) is 1. The predicted octanol–water partition coefficient (Wildman–Crippen LogP) is 5.13. The smallest absolute Gasteiger partial charge is 0.147 e. The molecule has 1 aromatic rings. The minimum absolute atomic E-state index is 0.667. The Labute approximate surface area is 140 Å². The lowest BCUT2D eigenvalue weighted by atomic mass is 10.0. The molecule has 19 heavy (non-hydrogen) atoms. The van der Waals surface area contributed by atoms with E-state index in [1.165, 1.54) is 19.3 Å². The summed E-state index contributed by atoms with van der Waals surface area (Å²) < 4.78 is 8.92. The molecule has 1 fully saturated rings. The minimum atomic E-state index is 0.667. The van der Waals surface area contributed by atoms with Crippen molar-refractivity contribution in [3.05, 3.63) is 25.6 Å². The van der Waals surface area contributed by atoms with Crippen molar-refractivity contribution in [3.8, 4) is 5.75 Å². The van der Waals surface area contributed by atoms with Crippen LogP contribution >= 0.6 is 47.8 Å². The summed E-state index contributed by atoms with van der Waals surface area (Å²) >= 11 is 10.5. The lowest BCUT2D eigenvalue weighted by Crippen LogP contribution is -2.29. The van der Waals surface area contributed by atoms with E-state index in [1.54, 1.807) is 0 Å². The molecular formula is C14H18Br3NO. The third-order valence-corrected chi connectivity index (χ3v) is 5.36. The molecule has 1 N–H and O–H groups in total.